The summed E-state index contributed by atoms with van der Waals surface area (Å²) < 4.78 is 5.71. The molecular weight excluding hydrogens is 228 g/mol. The smallest absolute Gasteiger partial charge is 0.119 e. The molecule has 1 saturated carbocycles. The number of ether oxygens (including phenoxy) is 1. The van der Waals surface area contributed by atoms with Gasteiger partial charge in [-0.3, -0.25) is 0 Å². The molecule has 2 N–H and O–H groups in total. The van der Waals surface area contributed by atoms with Crippen molar-refractivity contribution >= 4 is 0 Å². The largest absolute Gasteiger partial charge is 0.493 e. The van der Waals surface area contributed by atoms with Crippen LogP contribution in [0.1, 0.15) is 25.8 Å². The standard InChI is InChI=1S/C15H22O3/c1-10-5-4-6-12(7-10)18-9-11-8-13(16)15(2,3)14(11)17/h4-7,11,13-14,16-17H,8-9H2,1-3H3. The number of benzene rings is 1. The Morgan fingerprint density at radius 2 is 2.06 bits per heavy atom. The quantitative estimate of drug-likeness (QED) is 0.864. The van der Waals surface area contributed by atoms with Gasteiger partial charge in [0.05, 0.1) is 18.8 Å². The van der Waals surface area contributed by atoms with E-state index < -0.39 is 17.6 Å². The van der Waals surface area contributed by atoms with Crippen LogP contribution in [0.4, 0.5) is 0 Å². The molecule has 3 heteroatoms. The Balaban J connectivity index is 1.96. The molecule has 1 aliphatic carbocycles. The molecule has 0 aliphatic heterocycles. The number of rotatable bonds is 3. The molecule has 0 radical (unpaired) electrons. The van der Waals surface area contributed by atoms with Crippen LogP contribution in [0.5, 0.6) is 5.75 Å². The van der Waals surface area contributed by atoms with Crippen LogP contribution in [0.15, 0.2) is 24.3 Å². The average molecular weight is 250 g/mol. The Kier molecular flexibility index (Phi) is 3.64. The SMILES string of the molecule is Cc1cccc(OCC2CC(O)C(C)(C)C2O)c1. The monoisotopic (exact) mass is 250 g/mol. The molecule has 0 bridgehead atoms. The van der Waals surface area contributed by atoms with Crippen LogP contribution in [-0.4, -0.2) is 29.0 Å². The summed E-state index contributed by atoms with van der Waals surface area (Å²) in [5.74, 6) is 0.817. The Bertz CT molecular complexity index is 414. The van der Waals surface area contributed by atoms with E-state index in [1.165, 1.54) is 0 Å². The normalized spacial score (nSPS) is 30.4. The fraction of sp³-hybridized carbons (Fsp3) is 0.600. The second-order valence-corrected chi connectivity index (χ2v) is 5.91. The lowest BCUT2D eigenvalue weighted by Crippen LogP contribution is -2.35. The molecule has 0 saturated heterocycles. The first kappa shape index (κ1) is 13.4. The number of aliphatic hydroxyl groups excluding tert-OH is 2. The van der Waals surface area contributed by atoms with Gasteiger partial charge >= 0.3 is 0 Å². The topological polar surface area (TPSA) is 49.7 Å². The molecule has 0 spiro atoms. The first-order valence-corrected chi connectivity index (χ1v) is 6.47. The summed E-state index contributed by atoms with van der Waals surface area (Å²) in [5.41, 5.74) is 0.709. The van der Waals surface area contributed by atoms with E-state index in [0.717, 1.165) is 11.3 Å². The van der Waals surface area contributed by atoms with Crippen molar-refractivity contribution in [2.45, 2.75) is 39.4 Å². The van der Waals surface area contributed by atoms with Gasteiger partial charge in [0.1, 0.15) is 5.75 Å². The van der Waals surface area contributed by atoms with Gasteiger partial charge in [-0.1, -0.05) is 26.0 Å². The van der Waals surface area contributed by atoms with E-state index in [1.807, 2.05) is 45.0 Å². The van der Waals surface area contributed by atoms with Crippen LogP contribution in [0.3, 0.4) is 0 Å². The van der Waals surface area contributed by atoms with E-state index in [0.29, 0.717) is 13.0 Å². The van der Waals surface area contributed by atoms with E-state index in [4.69, 9.17) is 4.74 Å². The van der Waals surface area contributed by atoms with Crippen LogP contribution in [0.2, 0.25) is 0 Å². The minimum absolute atomic E-state index is 0.00416. The van der Waals surface area contributed by atoms with Crippen molar-refractivity contribution < 1.29 is 14.9 Å². The molecule has 3 atom stereocenters. The van der Waals surface area contributed by atoms with Crippen molar-refractivity contribution in [3.63, 3.8) is 0 Å². The second-order valence-electron chi connectivity index (χ2n) is 5.91. The van der Waals surface area contributed by atoms with Crippen molar-refractivity contribution in [1.82, 2.24) is 0 Å². The van der Waals surface area contributed by atoms with E-state index in [1.54, 1.807) is 0 Å². The highest BCUT2D eigenvalue weighted by atomic mass is 16.5. The van der Waals surface area contributed by atoms with Gasteiger partial charge in [0, 0.05) is 11.3 Å². The van der Waals surface area contributed by atoms with Crippen molar-refractivity contribution in [2.24, 2.45) is 11.3 Å². The van der Waals surface area contributed by atoms with Gasteiger partial charge in [0.15, 0.2) is 0 Å². The maximum absolute atomic E-state index is 10.2. The highest BCUT2D eigenvalue weighted by molar-refractivity contribution is 5.27. The molecule has 0 amide bonds. The van der Waals surface area contributed by atoms with Crippen molar-refractivity contribution in [3.05, 3.63) is 29.8 Å². The Morgan fingerprint density at radius 3 is 2.61 bits per heavy atom. The van der Waals surface area contributed by atoms with Gasteiger partial charge in [-0.25, -0.2) is 0 Å². The summed E-state index contributed by atoms with van der Waals surface area (Å²) in [6.07, 6.45) is -0.379. The van der Waals surface area contributed by atoms with Crippen LogP contribution < -0.4 is 4.74 Å². The second kappa shape index (κ2) is 4.90. The van der Waals surface area contributed by atoms with Gasteiger partial charge < -0.3 is 14.9 Å². The molecule has 3 nitrogen and oxygen atoms in total. The van der Waals surface area contributed by atoms with Crippen LogP contribution >= 0.6 is 0 Å². The summed E-state index contributed by atoms with van der Waals surface area (Å²) in [5, 5.41) is 20.1. The number of hydrogen-bond acceptors (Lipinski definition) is 3. The molecule has 3 unspecified atom stereocenters. The Morgan fingerprint density at radius 1 is 1.33 bits per heavy atom. The lowest BCUT2D eigenvalue weighted by Gasteiger charge is -2.27. The highest BCUT2D eigenvalue weighted by Crippen LogP contribution is 2.41. The molecule has 1 aliphatic rings. The first-order chi connectivity index (χ1) is 8.41. The molecule has 100 valence electrons. The Hall–Kier alpha value is -1.06. The molecule has 0 heterocycles. The molecular formula is C15H22O3. The summed E-state index contributed by atoms with van der Waals surface area (Å²) in [6, 6.07) is 7.86. The van der Waals surface area contributed by atoms with E-state index in [9.17, 15) is 10.2 Å². The molecule has 0 aromatic heterocycles. The predicted octanol–water partition coefficient (Wildman–Crippen LogP) is 2.14. The average Bonchev–Trinajstić information content (AvgIpc) is 2.50. The molecule has 1 fully saturated rings. The van der Waals surface area contributed by atoms with Crippen molar-refractivity contribution in [3.8, 4) is 5.75 Å². The van der Waals surface area contributed by atoms with Crippen molar-refractivity contribution in [2.75, 3.05) is 6.61 Å². The maximum atomic E-state index is 10.2. The van der Waals surface area contributed by atoms with E-state index >= 15 is 0 Å². The minimum Gasteiger partial charge on any atom is -0.493 e. The third-order valence-corrected chi connectivity index (χ3v) is 4.05. The fourth-order valence-electron chi connectivity index (χ4n) is 2.59. The molecule has 1 aromatic rings. The summed E-state index contributed by atoms with van der Waals surface area (Å²) in [7, 11) is 0. The fourth-order valence-corrected chi connectivity index (χ4v) is 2.59. The van der Waals surface area contributed by atoms with Crippen LogP contribution in [-0.2, 0) is 0 Å². The Labute approximate surface area is 108 Å². The van der Waals surface area contributed by atoms with Crippen LogP contribution in [0, 0.1) is 18.3 Å². The van der Waals surface area contributed by atoms with Crippen LogP contribution in [0.25, 0.3) is 0 Å². The van der Waals surface area contributed by atoms with Gasteiger partial charge in [-0.15, -0.1) is 0 Å². The van der Waals surface area contributed by atoms with Gasteiger partial charge in [0.25, 0.3) is 0 Å². The van der Waals surface area contributed by atoms with Gasteiger partial charge in [0.2, 0.25) is 0 Å². The molecule has 1 aromatic carbocycles. The summed E-state index contributed by atoms with van der Waals surface area (Å²) in [4.78, 5) is 0. The number of aliphatic hydroxyl groups is 2. The third-order valence-electron chi connectivity index (χ3n) is 4.05. The zero-order valence-corrected chi connectivity index (χ0v) is 11.3. The predicted molar refractivity (Wildman–Crippen MR) is 70.6 cm³/mol. The first-order valence-electron chi connectivity index (χ1n) is 6.47. The maximum Gasteiger partial charge on any atom is 0.119 e. The zero-order valence-electron chi connectivity index (χ0n) is 11.3. The van der Waals surface area contributed by atoms with Gasteiger partial charge in [-0.2, -0.15) is 0 Å². The zero-order chi connectivity index (χ0) is 13.3. The van der Waals surface area contributed by atoms with Crippen molar-refractivity contribution in [1.29, 1.82) is 0 Å². The molecule has 18 heavy (non-hydrogen) atoms. The summed E-state index contributed by atoms with van der Waals surface area (Å²) in [6.45, 7) is 6.26. The minimum atomic E-state index is -0.516. The lowest BCUT2D eigenvalue weighted by atomic mass is 9.86. The highest BCUT2D eigenvalue weighted by Gasteiger charge is 2.47. The molecule has 2 rings (SSSR count). The van der Waals surface area contributed by atoms with E-state index in [2.05, 4.69) is 0 Å². The van der Waals surface area contributed by atoms with E-state index in [-0.39, 0.29) is 5.92 Å². The lowest BCUT2D eigenvalue weighted by molar-refractivity contribution is -0.0117. The number of hydrogen-bond donors (Lipinski definition) is 2. The number of aryl methyl sites for hydroxylation is 1. The summed E-state index contributed by atoms with van der Waals surface area (Å²) >= 11 is 0. The third kappa shape index (κ3) is 2.52. The van der Waals surface area contributed by atoms with Gasteiger partial charge in [-0.05, 0) is 31.0 Å².